The molecule has 2 N–H and O–H groups in total. The number of carbonyl (C=O) groups excluding carboxylic acids is 1. The van der Waals surface area contributed by atoms with Crippen molar-refractivity contribution >= 4 is 11.7 Å². The fraction of sp³-hybridized carbons (Fsp3) is 0.267. The van der Waals surface area contributed by atoms with Crippen molar-refractivity contribution in [2.24, 2.45) is 5.73 Å². The topological polar surface area (TPSA) is 100 Å². The zero-order valence-electron chi connectivity index (χ0n) is 12.1. The van der Waals surface area contributed by atoms with E-state index < -0.39 is 16.9 Å². The summed E-state index contributed by atoms with van der Waals surface area (Å²) in [5, 5.41) is 10.9. The van der Waals surface area contributed by atoms with Crippen LogP contribution in [0.1, 0.15) is 12.6 Å². The third-order valence-corrected chi connectivity index (χ3v) is 3.17. The molecule has 7 nitrogen and oxygen atoms in total. The molecule has 0 radical (unpaired) electrons. The van der Waals surface area contributed by atoms with Crippen LogP contribution >= 0.6 is 0 Å². The van der Waals surface area contributed by atoms with Crippen molar-refractivity contribution in [3.8, 4) is 5.69 Å². The Morgan fingerprint density at radius 1 is 1.41 bits per heavy atom. The minimum absolute atomic E-state index is 0.00633. The Hall–Kier alpha value is -2.67. The molecule has 1 aromatic heterocycles. The first kappa shape index (κ1) is 15.7. The quantitative estimate of drug-likeness (QED) is 0.498. The predicted octanol–water partition coefficient (Wildman–Crippen LogP) is 1.82. The summed E-state index contributed by atoms with van der Waals surface area (Å²) in [6, 6.07) is 9.11. The molecule has 0 aliphatic carbocycles. The number of nitrogens with two attached hydrogens (primary N) is 1. The zero-order chi connectivity index (χ0) is 16.1. The highest BCUT2D eigenvalue weighted by molar-refractivity contribution is 5.75. The highest BCUT2D eigenvalue weighted by Gasteiger charge is 2.17. The summed E-state index contributed by atoms with van der Waals surface area (Å²) in [6.45, 7) is 1.99. The Morgan fingerprint density at radius 3 is 2.86 bits per heavy atom. The van der Waals surface area contributed by atoms with Gasteiger partial charge in [-0.15, -0.1) is 0 Å². The molecule has 2 aromatic rings. The van der Waals surface area contributed by atoms with Crippen LogP contribution in [0.2, 0.25) is 0 Å². The van der Waals surface area contributed by atoms with Gasteiger partial charge in [0.25, 0.3) is 5.69 Å². The lowest BCUT2D eigenvalue weighted by Gasteiger charge is -2.13. The lowest BCUT2D eigenvalue weighted by molar-refractivity contribution is -0.384. The van der Waals surface area contributed by atoms with Crippen molar-refractivity contribution in [2.45, 2.75) is 19.4 Å². The highest BCUT2D eigenvalue weighted by atomic mass is 16.6. The number of rotatable bonds is 6. The Bertz CT molecular complexity index is 681. The zero-order valence-corrected chi connectivity index (χ0v) is 12.1. The lowest BCUT2D eigenvalue weighted by atomic mass is 10.1. The third-order valence-electron chi connectivity index (χ3n) is 3.17. The smallest absolute Gasteiger partial charge is 0.323 e. The van der Waals surface area contributed by atoms with Crippen LogP contribution in [-0.4, -0.2) is 28.1 Å². The van der Waals surface area contributed by atoms with Crippen LogP contribution in [0, 0.1) is 10.1 Å². The fourth-order valence-electron chi connectivity index (χ4n) is 2.15. The maximum atomic E-state index is 11.6. The maximum Gasteiger partial charge on any atom is 0.323 e. The van der Waals surface area contributed by atoms with E-state index in [2.05, 4.69) is 0 Å². The Balaban J connectivity index is 2.24. The number of aromatic nitrogens is 1. The van der Waals surface area contributed by atoms with E-state index in [1.165, 1.54) is 12.1 Å². The summed E-state index contributed by atoms with van der Waals surface area (Å²) in [4.78, 5) is 22.0. The second-order valence-electron chi connectivity index (χ2n) is 4.71. The number of nitrogens with zero attached hydrogens (tertiary/aromatic N) is 2. The van der Waals surface area contributed by atoms with E-state index in [0.29, 0.717) is 5.69 Å². The van der Waals surface area contributed by atoms with Gasteiger partial charge in [-0.2, -0.15) is 0 Å². The van der Waals surface area contributed by atoms with Crippen molar-refractivity contribution in [3.63, 3.8) is 0 Å². The van der Waals surface area contributed by atoms with E-state index in [-0.39, 0.29) is 18.7 Å². The SMILES string of the molecule is CCOC(=O)C(N)Cc1cccn1-c1cccc([N+](=O)[O-])c1. The number of esters is 1. The molecule has 1 unspecified atom stereocenters. The highest BCUT2D eigenvalue weighted by Crippen LogP contribution is 2.19. The van der Waals surface area contributed by atoms with Crippen LogP contribution in [0.3, 0.4) is 0 Å². The van der Waals surface area contributed by atoms with Crippen molar-refractivity contribution < 1.29 is 14.5 Å². The van der Waals surface area contributed by atoms with Gasteiger partial charge < -0.3 is 15.0 Å². The Kier molecular flexibility index (Phi) is 4.90. The van der Waals surface area contributed by atoms with Crippen LogP contribution in [0.4, 0.5) is 5.69 Å². The van der Waals surface area contributed by atoms with Gasteiger partial charge in [0, 0.05) is 30.4 Å². The van der Waals surface area contributed by atoms with Crippen molar-refractivity contribution in [1.29, 1.82) is 0 Å². The summed E-state index contributed by atoms with van der Waals surface area (Å²) < 4.78 is 6.66. The van der Waals surface area contributed by atoms with E-state index in [4.69, 9.17) is 10.5 Å². The molecule has 2 rings (SSSR count). The summed E-state index contributed by atoms with van der Waals surface area (Å²) >= 11 is 0. The molecule has 0 fully saturated rings. The van der Waals surface area contributed by atoms with E-state index >= 15 is 0 Å². The molecule has 7 heteroatoms. The van der Waals surface area contributed by atoms with Gasteiger partial charge in [0.2, 0.25) is 0 Å². The van der Waals surface area contributed by atoms with Gasteiger partial charge in [0.05, 0.1) is 17.2 Å². The molecular formula is C15H17N3O4. The van der Waals surface area contributed by atoms with Crippen LogP contribution in [0.5, 0.6) is 0 Å². The number of nitro groups is 1. The largest absolute Gasteiger partial charge is 0.465 e. The molecule has 0 amide bonds. The Morgan fingerprint density at radius 2 is 2.18 bits per heavy atom. The minimum Gasteiger partial charge on any atom is -0.465 e. The summed E-state index contributed by atoms with van der Waals surface area (Å²) in [7, 11) is 0. The molecular weight excluding hydrogens is 286 g/mol. The standard InChI is InChI=1S/C15H17N3O4/c1-2-22-15(19)14(16)10-12-7-4-8-17(12)11-5-3-6-13(9-11)18(20)21/h3-9,14H,2,10,16H2,1H3. The van der Waals surface area contributed by atoms with Crippen LogP contribution in [0.15, 0.2) is 42.6 Å². The molecule has 22 heavy (non-hydrogen) atoms. The van der Waals surface area contributed by atoms with Gasteiger partial charge in [-0.3, -0.25) is 14.9 Å². The number of hydrogen-bond acceptors (Lipinski definition) is 5. The lowest BCUT2D eigenvalue weighted by Crippen LogP contribution is -2.34. The third kappa shape index (κ3) is 3.50. The summed E-state index contributed by atoms with van der Waals surface area (Å²) in [5.41, 5.74) is 7.25. The molecule has 0 aliphatic heterocycles. The van der Waals surface area contributed by atoms with Crippen molar-refractivity contribution in [1.82, 2.24) is 4.57 Å². The Labute approximate surface area is 127 Å². The summed E-state index contributed by atoms with van der Waals surface area (Å²) in [5.74, 6) is -0.464. The molecule has 1 aromatic carbocycles. The van der Waals surface area contributed by atoms with Gasteiger partial charge in [0.1, 0.15) is 6.04 Å². The van der Waals surface area contributed by atoms with E-state index in [1.54, 1.807) is 35.9 Å². The van der Waals surface area contributed by atoms with Gasteiger partial charge >= 0.3 is 5.97 Å². The second-order valence-corrected chi connectivity index (χ2v) is 4.71. The molecule has 1 atom stereocenters. The molecule has 0 saturated carbocycles. The monoisotopic (exact) mass is 303 g/mol. The average molecular weight is 303 g/mol. The van der Waals surface area contributed by atoms with Crippen molar-refractivity contribution in [3.05, 3.63) is 58.4 Å². The number of nitro benzene ring substituents is 1. The first-order chi connectivity index (χ1) is 10.5. The number of carbonyl (C=O) groups is 1. The number of non-ortho nitro benzene ring substituents is 1. The molecule has 1 heterocycles. The molecule has 0 aliphatic rings. The molecule has 0 spiro atoms. The fourth-order valence-corrected chi connectivity index (χ4v) is 2.15. The van der Waals surface area contributed by atoms with Crippen LogP contribution in [0.25, 0.3) is 5.69 Å². The molecule has 0 bridgehead atoms. The second kappa shape index (κ2) is 6.86. The van der Waals surface area contributed by atoms with Crippen molar-refractivity contribution in [2.75, 3.05) is 6.61 Å². The molecule has 0 saturated heterocycles. The van der Waals surface area contributed by atoms with E-state index in [1.807, 2.05) is 6.07 Å². The first-order valence-electron chi connectivity index (χ1n) is 6.86. The van der Waals surface area contributed by atoms with Gasteiger partial charge in [-0.25, -0.2) is 0 Å². The number of hydrogen-bond donors (Lipinski definition) is 1. The number of benzene rings is 1. The summed E-state index contributed by atoms with van der Waals surface area (Å²) in [6.07, 6.45) is 2.06. The van der Waals surface area contributed by atoms with Crippen LogP contribution in [-0.2, 0) is 16.0 Å². The average Bonchev–Trinajstić information content (AvgIpc) is 2.95. The van der Waals surface area contributed by atoms with E-state index in [9.17, 15) is 14.9 Å². The minimum atomic E-state index is -0.771. The van der Waals surface area contributed by atoms with Crippen LogP contribution < -0.4 is 5.73 Å². The molecule has 116 valence electrons. The maximum absolute atomic E-state index is 11.6. The number of ether oxygens (including phenoxy) is 1. The normalized spacial score (nSPS) is 11.9. The van der Waals surface area contributed by atoms with Gasteiger partial charge in [-0.1, -0.05) is 6.07 Å². The van der Waals surface area contributed by atoms with E-state index in [0.717, 1.165) is 5.69 Å². The van der Waals surface area contributed by atoms with Gasteiger partial charge in [-0.05, 0) is 25.1 Å². The predicted molar refractivity (Wildman–Crippen MR) is 80.7 cm³/mol. The first-order valence-corrected chi connectivity index (χ1v) is 6.86. The van der Waals surface area contributed by atoms with Gasteiger partial charge in [0.15, 0.2) is 0 Å².